The molecule has 1 saturated heterocycles. The lowest BCUT2D eigenvalue weighted by atomic mass is 9.83. The molecule has 90 valence electrons. The second-order valence-corrected chi connectivity index (χ2v) is 4.30. The molecule has 2 rings (SSSR count). The fraction of sp³-hybridized carbons (Fsp3) is 0.800. The second-order valence-electron chi connectivity index (χ2n) is 4.30. The molecule has 0 unspecified atom stereocenters. The van der Waals surface area contributed by atoms with Gasteiger partial charge in [-0.15, -0.1) is 0 Å². The lowest BCUT2D eigenvalue weighted by Gasteiger charge is -2.35. The van der Waals surface area contributed by atoms with Crippen LogP contribution >= 0.6 is 0 Å². The normalized spacial score (nSPS) is 29.3. The highest BCUT2D eigenvalue weighted by Gasteiger charge is 2.33. The molecule has 6 heteroatoms. The number of amides is 2. The highest BCUT2D eigenvalue weighted by molar-refractivity contribution is 5.83. The van der Waals surface area contributed by atoms with Crippen LogP contribution in [0.1, 0.15) is 12.8 Å². The largest absolute Gasteiger partial charge is 0.446 e. The molecule has 0 aromatic heterocycles. The van der Waals surface area contributed by atoms with Crippen molar-refractivity contribution in [1.82, 2.24) is 10.2 Å². The number of aliphatic hydroxyl groups excluding tert-OH is 1. The van der Waals surface area contributed by atoms with Crippen molar-refractivity contribution >= 4 is 12.0 Å². The quantitative estimate of drug-likeness (QED) is 0.656. The van der Waals surface area contributed by atoms with Gasteiger partial charge in [-0.25, -0.2) is 4.79 Å². The van der Waals surface area contributed by atoms with Gasteiger partial charge in [0.2, 0.25) is 5.91 Å². The maximum atomic E-state index is 11.6. The fourth-order valence-electron chi connectivity index (χ4n) is 1.93. The van der Waals surface area contributed by atoms with Crippen LogP contribution in [-0.4, -0.2) is 54.4 Å². The first-order valence-corrected chi connectivity index (χ1v) is 5.52. The van der Waals surface area contributed by atoms with Crippen LogP contribution < -0.4 is 5.32 Å². The zero-order valence-corrected chi connectivity index (χ0v) is 9.02. The number of hydrogen-bond donors (Lipinski definition) is 2. The molecule has 0 aromatic rings. The van der Waals surface area contributed by atoms with Crippen molar-refractivity contribution in [2.45, 2.75) is 18.9 Å². The Bertz CT molecular complexity index is 289. The second kappa shape index (κ2) is 4.69. The molecule has 1 aliphatic carbocycles. The molecule has 2 fully saturated rings. The third kappa shape index (κ3) is 2.44. The van der Waals surface area contributed by atoms with E-state index in [9.17, 15) is 9.59 Å². The SMILES string of the molecule is O=C1CN(C(=O)OC2CC(CO)C2)CCN1. The van der Waals surface area contributed by atoms with Crippen LogP contribution in [0.2, 0.25) is 0 Å². The van der Waals surface area contributed by atoms with Crippen LogP contribution in [0.4, 0.5) is 4.79 Å². The Kier molecular flexibility index (Phi) is 3.28. The van der Waals surface area contributed by atoms with Gasteiger partial charge in [-0.1, -0.05) is 0 Å². The molecular formula is C10H16N2O4. The van der Waals surface area contributed by atoms with Crippen molar-refractivity contribution < 1.29 is 19.4 Å². The number of carbonyl (C=O) groups is 2. The summed E-state index contributed by atoms with van der Waals surface area (Å²) in [6.45, 7) is 1.22. The van der Waals surface area contributed by atoms with E-state index in [2.05, 4.69) is 5.32 Å². The Hall–Kier alpha value is -1.30. The van der Waals surface area contributed by atoms with Gasteiger partial charge in [-0.05, 0) is 18.8 Å². The number of aliphatic hydroxyl groups is 1. The van der Waals surface area contributed by atoms with E-state index in [1.165, 1.54) is 4.90 Å². The molecule has 16 heavy (non-hydrogen) atoms. The molecule has 0 atom stereocenters. The van der Waals surface area contributed by atoms with E-state index in [1.54, 1.807) is 0 Å². The molecule has 0 aromatic carbocycles. The Balaban J connectivity index is 1.73. The molecule has 0 bridgehead atoms. The predicted octanol–water partition coefficient (Wildman–Crippen LogP) is -0.674. The number of ether oxygens (including phenoxy) is 1. The maximum absolute atomic E-state index is 11.6. The Morgan fingerprint density at radius 1 is 1.56 bits per heavy atom. The van der Waals surface area contributed by atoms with Crippen molar-refractivity contribution in [3.63, 3.8) is 0 Å². The topological polar surface area (TPSA) is 78.9 Å². The van der Waals surface area contributed by atoms with Gasteiger partial charge in [-0.2, -0.15) is 0 Å². The third-order valence-electron chi connectivity index (χ3n) is 3.01. The lowest BCUT2D eigenvalue weighted by Crippen LogP contribution is -2.51. The molecule has 1 saturated carbocycles. The summed E-state index contributed by atoms with van der Waals surface area (Å²) in [7, 11) is 0. The van der Waals surface area contributed by atoms with Gasteiger partial charge in [0, 0.05) is 19.7 Å². The minimum Gasteiger partial charge on any atom is -0.446 e. The van der Waals surface area contributed by atoms with Gasteiger partial charge in [0.1, 0.15) is 12.6 Å². The van der Waals surface area contributed by atoms with Crippen molar-refractivity contribution in [2.24, 2.45) is 5.92 Å². The Morgan fingerprint density at radius 2 is 2.31 bits per heavy atom. The summed E-state index contributed by atoms with van der Waals surface area (Å²) in [6.07, 6.45) is 0.941. The number of hydrogen-bond acceptors (Lipinski definition) is 4. The molecular weight excluding hydrogens is 212 g/mol. The summed E-state index contributed by atoms with van der Waals surface area (Å²) < 4.78 is 5.20. The average Bonchev–Trinajstić information content (AvgIpc) is 2.22. The smallest absolute Gasteiger partial charge is 0.410 e. The van der Waals surface area contributed by atoms with Crippen LogP contribution in [0.3, 0.4) is 0 Å². The molecule has 1 heterocycles. The molecule has 0 radical (unpaired) electrons. The third-order valence-corrected chi connectivity index (χ3v) is 3.01. The van der Waals surface area contributed by atoms with Crippen molar-refractivity contribution in [3.05, 3.63) is 0 Å². The zero-order chi connectivity index (χ0) is 11.5. The molecule has 2 amide bonds. The number of nitrogens with one attached hydrogen (secondary N) is 1. The maximum Gasteiger partial charge on any atom is 0.410 e. The van der Waals surface area contributed by atoms with Crippen LogP contribution in [-0.2, 0) is 9.53 Å². The van der Waals surface area contributed by atoms with Gasteiger partial charge in [0.05, 0.1) is 0 Å². The van der Waals surface area contributed by atoms with E-state index < -0.39 is 6.09 Å². The van der Waals surface area contributed by atoms with Gasteiger partial charge >= 0.3 is 6.09 Å². The Labute approximate surface area is 93.6 Å². The van der Waals surface area contributed by atoms with Gasteiger partial charge in [0.25, 0.3) is 0 Å². The molecule has 2 aliphatic rings. The minimum atomic E-state index is -0.420. The summed E-state index contributed by atoms with van der Waals surface area (Å²) in [5, 5.41) is 11.5. The van der Waals surface area contributed by atoms with Crippen molar-refractivity contribution in [3.8, 4) is 0 Å². The monoisotopic (exact) mass is 228 g/mol. The van der Waals surface area contributed by atoms with Gasteiger partial charge in [-0.3, -0.25) is 9.69 Å². The Morgan fingerprint density at radius 3 is 2.94 bits per heavy atom. The highest BCUT2D eigenvalue weighted by atomic mass is 16.6. The summed E-state index contributed by atoms with van der Waals surface area (Å²) >= 11 is 0. The number of rotatable bonds is 2. The van der Waals surface area contributed by atoms with Gasteiger partial charge < -0.3 is 15.2 Å². The highest BCUT2D eigenvalue weighted by Crippen LogP contribution is 2.29. The van der Waals surface area contributed by atoms with E-state index in [-0.39, 0.29) is 31.1 Å². The first-order chi connectivity index (χ1) is 7.69. The molecule has 6 nitrogen and oxygen atoms in total. The summed E-state index contributed by atoms with van der Waals surface area (Å²) in [5.74, 6) is 0.118. The summed E-state index contributed by atoms with van der Waals surface area (Å²) in [4.78, 5) is 24.1. The van der Waals surface area contributed by atoms with E-state index in [0.29, 0.717) is 13.1 Å². The average molecular weight is 228 g/mol. The van der Waals surface area contributed by atoms with E-state index >= 15 is 0 Å². The number of piperazine rings is 1. The van der Waals surface area contributed by atoms with Crippen LogP contribution in [0.25, 0.3) is 0 Å². The first kappa shape index (κ1) is 11.2. The van der Waals surface area contributed by atoms with Crippen LogP contribution in [0.5, 0.6) is 0 Å². The molecule has 0 spiro atoms. The van der Waals surface area contributed by atoms with Crippen LogP contribution in [0, 0.1) is 5.92 Å². The lowest BCUT2D eigenvalue weighted by molar-refractivity contribution is -0.124. The van der Waals surface area contributed by atoms with E-state index in [1.807, 2.05) is 0 Å². The van der Waals surface area contributed by atoms with Gasteiger partial charge in [0.15, 0.2) is 0 Å². The number of carbonyl (C=O) groups excluding carboxylic acids is 2. The minimum absolute atomic E-state index is 0.0784. The molecule has 2 N–H and O–H groups in total. The summed E-state index contributed by atoms with van der Waals surface area (Å²) in [5.41, 5.74) is 0. The van der Waals surface area contributed by atoms with E-state index in [0.717, 1.165) is 12.8 Å². The van der Waals surface area contributed by atoms with Crippen LogP contribution in [0.15, 0.2) is 0 Å². The summed E-state index contributed by atoms with van der Waals surface area (Å²) in [6, 6.07) is 0. The van der Waals surface area contributed by atoms with Crippen molar-refractivity contribution in [2.75, 3.05) is 26.2 Å². The first-order valence-electron chi connectivity index (χ1n) is 5.52. The predicted molar refractivity (Wildman–Crippen MR) is 54.7 cm³/mol. The number of nitrogens with zero attached hydrogens (tertiary/aromatic N) is 1. The standard InChI is InChI=1S/C10H16N2O4/c13-6-7-3-8(4-7)16-10(15)12-2-1-11-9(14)5-12/h7-8,13H,1-6H2,(H,11,14). The zero-order valence-electron chi connectivity index (χ0n) is 9.02. The fourth-order valence-corrected chi connectivity index (χ4v) is 1.93. The van der Waals surface area contributed by atoms with E-state index in [4.69, 9.17) is 9.84 Å². The molecule has 1 aliphatic heterocycles. The van der Waals surface area contributed by atoms with Crippen molar-refractivity contribution in [1.29, 1.82) is 0 Å².